The number of hydrogen-bond donors (Lipinski definition) is 1. The van der Waals surface area contributed by atoms with Crippen LogP contribution in [0.3, 0.4) is 0 Å². The molecule has 3 nitrogen and oxygen atoms in total. The van der Waals surface area contributed by atoms with Crippen LogP contribution in [0, 0.1) is 0 Å². The highest BCUT2D eigenvalue weighted by atomic mass is 16.5. The van der Waals surface area contributed by atoms with Gasteiger partial charge in [-0.25, -0.2) is 0 Å². The number of ether oxygens (including phenoxy) is 2. The van der Waals surface area contributed by atoms with Crippen molar-refractivity contribution in [2.75, 3.05) is 26.9 Å². The molecule has 2 atom stereocenters. The molecule has 0 rings (SSSR count). The van der Waals surface area contributed by atoms with Crippen molar-refractivity contribution in [3.63, 3.8) is 0 Å². The molecular weight excluding hydrogens is 154 g/mol. The molecule has 0 saturated carbocycles. The van der Waals surface area contributed by atoms with Gasteiger partial charge in [0, 0.05) is 26.3 Å². The summed E-state index contributed by atoms with van der Waals surface area (Å²) in [5.41, 5.74) is 0. The fourth-order valence-corrected chi connectivity index (χ4v) is 0.804. The quantitative estimate of drug-likeness (QED) is 0.627. The molecule has 0 aliphatic carbocycles. The molecule has 0 aromatic heterocycles. The molecule has 0 aliphatic rings. The van der Waals surface area contributed by atoms with Gasteiger partial charge in [-0.15, -0.1) is 0 Å². The number of hydrogen-bond acceptors (Lipinski definition) is 3. The highest BCUT2D eigenvalue weighted by molar-refractivity contribution is 4.62. The van der Waals surface area contributed by atoms with Crippen LogP contribution in [-0.4, -0.2) is 39.0 Å². The molecule has 3 heteroatoms. The average Bonchev–Trinajstić information content (AvgIpc) is 2.10. The Morgan fingerprint density at radius 1 is 1.33 bits per heavy atom. The van der Waals surface area contributed by atoms with Gasteiger partial charge < -0.3 is 14.8 Å². The van der Waals surface area contributed by atoms with Crippen LogP contribution in [0.15, 0.2) is 0 Å². The second kappa shape index (κ2) is 7.53. The van der Waals surface area contributed by atoms with E-state index in [0.717, 1.165) is 19.8 Å². The summed E-state index contributed by atoms with van der Waals surface area (Å²) in [5, 5.41) is 3.32. The van der Waals surface area contributed by atoms with Gasteiger partial charge in [0.05, 0.1) is 12.7 Å². The van der Waals surface area contributed by atoms with Gasteiger partial charge in [0.25, 0.3) is 0 Å². The molecule has 0 aromatic rings. The first kappa shape index (κ1) is 11.9. The monoisotopic (exact) mass is 175 g/mol. The zero-order valence-corrected chi connectivity index (χ0v) is 8.59. The highest BCUT2D eigenvalue weighted by Crippen LogP contribution is 1.88. The van der Waals surface area contributed by atoms with Crippen LogP contribution >= 0.6 is 0 Å². The van der Waals surface area contributed by atoms with Crippen molar-refractivity contribution in [3.05, 3.63) is 0 Å². The Labute approximate surface area is 75.4 Å². The molecule has 0 bridgehead atoms. The summed E-state index contributed by atoms with van der Waals surface area (Å²) in [6, 6.07) is 0.405. The lowest BCUT2D eigenvalue weighted by Gasteiger charge is -2.16. The summed E-state index contributed by atoms with van der Waals surface area (Å²) in [6.45, 7) is 8.59. The Hall–Kier alpha value is -0.120. The lowest BCUT2D eigenvalue weighted by Crippen LogP contribution is -2.36. The zero-order chi connectivity index (χ0) is 9.40. The average molecular weight is 175 g/mol. The van der Waals surface area contributed by atoms with E-state index in [0.29, 0.717) is 6.04 Å². The van der Waals surface area contributed by atoms with Crippen molar-refractivity contribution < 1.29 is 9.47 Å². The topological polar surface area (TPSA) is 30.5 Å². The molecule has 0 saturated heterocycles. The third kappa shape index (κ3) is 6.58. The standard InChI is InChI=1S/C9H21NO2/c1-5-12-7-8(2)10-6-9(3)11-4/h8-10H,5-7H2,1-4H3. The van der Waals surface area contributed by atoms with Gasteiger partial charge in [0.15, 0.2) is 0 Å². The van der Waals surface area contributed by atoms with E-state index >= 15 is 0 Å². The highest BCUT2D eigenvalue weighted by Gasteiger charge is 2.03. The Kier molecular flexibility index (Phi) is 7.45. The molecular formula is C9H21NO2. The Bertz CT molecular complexity index is 98.5. The van der Waals surface area contributed by atoms with Crippen molar-refractivity contribution in [1.82, 2.24) is 5.32 Å². The first-order chi connectivity index (χ1) is 5.70. The molecule has 0 aliphatic heterocycles. The Balaban J connectivity index is 3.24. The molecule has 0 amide bonds. The summed E-state index contributed by atoms with van der Waals surface area (Å²) in [5.74, 6) is 0. The maximum Gasteiger partial charge on any atom is 0.0667 e. The third-order valence-corrected chi connectivity index (χ3v) is 1.73. The Morgan fingerprint density at radius 3 is 2.50 bits per heavy atom. The number of rotatable bonds is 7. The maximum absolute atomic E-state index is 5.26. The van der Waals surface area contributed by atoms with Crippen LogP contribution in [0.4, 0.5) is 0 Å². The van der Waals surface area contributed by atoms with E-state index < -0.39 is 0 Å². The zero-order valence-electron chi connectivity index (χ0n) is 8.59. The van der Waals surface area contributed by atoms with Crippen LogP contribution < -0.4 is 5.32 Å². The van der Waals surface area contributed by atoms with Crippen molar-refractivity contribution in [2.24, 2.45) is 0 Å². The van der Waals surface area contributed by atoms with Crippen LogP contribution in [-0.2, 0) is 9.47 Å². The fraction of sp³-hybridized carbons (Fsp3) is 1.00. The summed E-state index contributed by atoms with van der Waals surface area (Å²) in [4.78, 5) is 0. The second-order valence-corrected chi connectivity index (χ2v) is 3.02. The molecule has 0 radical (unpaired) electrons. The predicted molar refractivity (Wildman–Crippen MR) is 50.4 cm³/mol. The van der Waals surface area contributed by atoms with E-state index in [-0.39, 0.29) is 6.10 Å². The first-order valence-corrected chi connectivity index (χ1v) is 4.54. The van der Waals surface area contributed by atoms with Crippen LogP contribution in [0.2, 0.25) is 0 Å². The number of nitrogens with one attached hydrogen (secondary N) is 1. The van der Waals surface area contributed by atoms with Crippen LogP contribution in [0.1, 0.15) is 20.8 Å². The molecule has 12 heavy (non-hydrogen) atoms. The van der Waals surface area contributed by atoms with Crippen molar-refractivity contribution in [3.8, 4) is 0 Å². The minimum atomic E-state index is 0.272. The lowest BCUT2D eigenvalue weighted by atomic mass is 10.3. The van der Waals surface area contributed by atoms with E-state index in [1.807, 2.05) is 13.8 Å². The smallest absolute Gasteiger partial charge is 0.0667 e. The predicted octanol–water partition coefficient (Wildman–Crippen LogP) is 1.04. The van der Waals surface area contributed by atoms with Gasteiger partial charge in [-0.1, -0.05) is 0 Å². The van der Waals surface area contributed by atoms with Crippen LogP contribution in [0.5, 0.6) is 0 Å². The minimum Gasteiger partial charge on any atom is -0.380 e. The fourth-order valence-electron chi connectivity index (χ4n) is 0.804. The van der Waals surface area contributed by atoms with Crippen molar-refractivity contribution >= 4 is 0 Å². The molecule has 74 valence electrons. The van der Waals surface area contributed by atoms with Crippen molar-refractivity contribution in [1.29, 1.82) is 0 Å². The van der Waals surface area contributed by atoms with E-state index in [9.17, 15) is 0 Å². The Morgan fingerprint density at radius 2 is 2.00 bits per heavy atom. The molecule has 0 spiro atoms. The summed E-state index contributed by atoms with van der Waals surface area (Å²) < 4.78 is 10.4. The lowest BCUT2D eigenvalue weighted by molar-refractivity contribution is 0.0977. The normalized spacial score (nSPS) is 16.0. The molecule has 0 heterocycles. The molecule has 0 fully saturated rings. The molecule has 0 aromatic carbocycles. The summed E-state index contributed by atoms with van der Waals surface area (Å²) in [7, 11) is 1.72. The first-order valence-electron chi connectivity index (χ1n) is 4.54. The van der Waals surface area contributed by atoms with Gasteiger partial charge in [-0.2, -0.15) is 0 Å². The summed E-state index contributed by atoms with van der Waals surface area (Å²) >= 11 is 0. The largest absolute Gasteiger partial charge is 0.380 e. The van der Waals surface area contributed by atoms with E-state index in [1.54, 1.807) is 7.11 Å². The number of methoxy groups -OCH3 is 1. The maximum atomic E-state index is 5.26. The van der Waals surface area contributed by atoms with Crippen molar-refractivity contribution in [2.45, 2.75) is 32.9 Å². The third-order valence-electron chi connectivity index (χ3n) is 1.73. The van der Waals surface area contributed by atoms with Gasteiger partial charge in [0.2, 0.25) is 0 Å². The van der Waals surface area contributed by atoms with Gasteiger partial charge in [-0.05, 0) is 20.8 Å². The second-order valence-electron chi connectivity index (χ2n) is 3.02. The van der Waals surface area contributed by atoms with Gasteiger partial charge in [-0.3, -0.25) is 0 Å². The molecule has 2 unspecified atom stereocenters. The van der Waals surface area contributed by atoms with Crippen LogP contribution in [0.25, 0.3) is 0 Å². The van der Waals surface area contributed by atoms with E-state index in [2.05, 4.69) is 12.2 Å². The summed E-state index contributed by atoms with van der Waals surface area (Å²) in [6.07, 6.45) is 0.272. The SMILES string of the molecule is CCOCC(C)NCC(C)OC. The van der Waals surface area contributed by atoms with Gasteiger partial charge >= 0.3 is 0 Å². The minimum absolute atomic E-state index is 0.272. The van der Waals surface area contributed by atoms with E-state index in [1.165, 1.54) is 0 Å². The van der Waals surface area contributed by atoms with Gasteiger partial charge in [0.1, 0.15) is 0 Å². The molecule has 1 N–H and O–H groups in total. The van der Waals surface area contributed by atoms with E-state index in [4.69, 9.17) is 9.47 Å².